The molecule has 0 aliphatic carbocycles. The topological polar surface area (TPSA) is 455 Å². The molecule has 0 bridgehead atoms. The van der Waals surface area contributed by atoms with Gasteiger partial charge in [-0.05, 0) is 110 Å². The maximum absolute atomic E-state index is 15.0. The number of guanidine groups is 1. The molecule has 12 amide bonds. The van der Waals surface area contributed by atoms with E-state index < -0.39 is 157 Å². The number of nitrogens with two attached hydrogens (primary N) is 3. The summed E-state index contributed by atoms with van der Waals surface area (Å²) in [5.41, 5.74) is 19.1. The average molecular weight is 1420 g/mol. The summed E-state index contributed by atoms with van der Waals surface area (Å²) in [6.45, 7) is 7.17. The number of benzene rings is 4. The van der Waals surface area contributed by atoms with Crippen molar-refractivity contribution in [2.45, 2.75) is 191 Å². The maximum Gasteiger partial charge on any atom is 0.245 e. The Balaban J connectivity index is 1.19. The van der Waals surface area contributed by atoms with Crippen LogP contribution in [-0.2, 0) is 76.8 Å². The van der Waals surface area contributed by atoms with E-state index in [-0.39, 0.29) is 76.3 Å². The van der Waals surface area contributed by atoms with Gasteiger partial charge in [0.1, 0.15) is 60.4 Å². The number of likely N-dealkylation sites (tertiary alicyclic amines) is 1. The van der Waals surface area contributed by atoms with Crippen molar-refractivity contribution < 1.29 is 62.6 Å². The van der Waals surface area contributed by atoms with E-state index in [0.717, 1.165) is 10.8 Å². The molecule has 544 valence electrons. The minimum atomic E-state index is -1.86. The molecule has 0 saturated carbocycles. The average Bonchev–Trinajstić information content (AvgIpc) is 1.79. The number of aliphatic hydroxyl groups excluding tert-OH is 1. The molecule has 3 heterocycles. The number of nitrogens with zero attached hydrogens (tertiary/aromatic N) is 2. The van der Waals surface area contributed by atoms with Crippen LogP contribution in [-0.4, -0.2) is 178 Å². The monoisotopic (exact) mass is 1410 g/mol. The highest BCUT2D eigenvalue weighted by atomic mass is 35.5. The lowest BCUT2D eigenvalue weighted by atomic mass is 9.97. The summed E-state index contributed by atoms with van der Waals surface area (Å²) >= 11 is 6.26. The number of amides is 12. The molecule has 4 aromatic carbocycles. The molecule has 5 aromatic rings. The summed E-state index contributed by atoms with van der Waals surface area (Å²) in [7, 11) is 0. The van der Waals surface area contributed by atoms with Crippen molar-refractivity contribution >= 4 is 110 Å². The smallest absolute Gasteiger partial charge is 0.245 e. The van der Waals surface area contributed by atoms with E-state index in [2.05, 4.69) is 63.1 Å². The number of aliphatic imine (C=N–C) groups is 1. The van der Waals surface area contributed by atoms with E-state index >= 15 is 9.59 Å². The molecule has 101 heavy (non-hydrogen) atoms. The largest absolute Gasteiger partial charge is 0.394 e. The van der Waals surface area contributed by atoms with Crippen molar-refractivity contribution in [2.75, 3.05) is 19.7 Å². The first-order valence-corrected chi connectivity index (χ1v) is 34.6. The highest BCUT2D eigenvalue weighted by Gasteiger charge is 2.41. The Hall–Kier alpha value is -10.2. The van der Waals surface area contributed by atoms with Crippen molar-refractivity contribution in [3.63, 3.8) is 0 Å². The molecule has 0 radical (unpaired) electrons. The van der Waals surface area contributed by atoms with Gasteiger partial charge in [0.15, 0.2) is 5.96 Å². The Morgan fingerprint density at radius 3 is 1.96 bits per heavy atom. The molecular formula is C71H95ClN16O13. The highest BCUT2D eigenvalue weighted by Crippen LogP contribution is 2.24. The van der Waals surface area contributed by atoms with Gasteiger partial charge in [0.25, 0.3) is 0 Å². The zero-order valence-corrected chi connectivity index (χ0v) is 58.3. The number of aliphatic hydroxyl groups is 1. The van der Waals surface area contributed by atoms with Crippen LogP contribution in [0.25, 0.3) is 21.7 Å². The molecule has 7 rings (SSSR count). The van der Waals surface area contributed by atoms with Crippen LogP contribution in [0.1, 0.15) is 122 Å². The van der Waals surface area contributed by atoms with Gasteiger partial charge in [0, 0.05) is 73.9 Å². The SMILES string of the molecule is CCCCC1CC(C(=O)N2CCC[C@H]2C(=O)N[C@H](C)C(N)=O)NC(=O)[C@H](CC(C)C)NC(=O)[C@@H](CCCN=C(N)N)NC(=O)[C@@H](NC(=O)[C@H](CO)NC(=O)[C@@H](Cc2c[nH]c3ccccc23)NC(=O)[C@@H](Cc2ccc(Cl)cc2)NC(=O)[C@@H](Cc2ccc3ccccc3c2)NC(C)=O)CCC(=O)N1. The number of nitrogens with one attached hydrogen (secondary N) is 11. The van der Waals surface area contributed by atoms with Gasteiger partial charge < -0.3 is 85.4 Å². The number of fused-ring (bicyclic) bond motifs is 2. The van der Waals surface area contributed by atoms with Gasteiger partial charge >= 0.3 is 0 Å². The summed E-state index contributed by atoms with van der Waals surface area (Å²) < 4.78 is 0. The third-order valence-corrected chi connectivity index (χ3v) is 18.0. The van der Waals surface area contributed by atoms with Gasteiger partial charge in [0.05, 0.1) is 6.61 Å². The number of unbranched alkanes of at least 4 members (excludes halogenated alkanes) is 1. The summed E-state index contributed by atoms with van der Waals surface area (Å²) in [5, 5.41) is 41.1. The molecule has 2 fully saturated rings. The van der Waals surface area contributed by atoms with Crippen LogP contribution in [0.3, 0.4) is 0 Å². The van der Waals surface area contributed by atoms with Crippen LogP contribution in [0.2, 0.25) is 5.02 Å². The number of H-pyrrole nitrogens is 1. The van der Waals surface area contributed by atoms with E-state index in [0.29, 0.717) is 58.3 Å². The number of primary amides is 1. The number of aromatic amines is 1. The van der Waals surface area contributed by atoms with Gasteiger partial charge in [-0.1, -0.05) is 118 Å². The summed E-state index contributed by atoms with van der Waals surface area (Å²) in [5.74, 6) is -10.2. The molecule has 11 atom stereocenters. The molecule has 2 aliphatic heterocycles. The van der Waals surface area contributed by atoms with E-state index in [4.69, 9.17) is 28.8 Å². The number of carbonyl (C=O) groups is 12. The maximum atomic E-state index is 15.0. The lowest BCUT2D eigenvalue weighted by Crippen LogP contribution is -2.62. The van der Waals surface area contributed by atoms with Gasteiger partial charge in [-0.25, -0.2) is 0 Å². The van der Waals surface area contributed by atoms with Gasteiger partial charge in [-0.15, -0.1) is 0 Å². The van der Waals surface area contributed by atoms with E-state index in [1.54, 1.807) is 68.6 Å². The summed E-state index contributed by atoms with van der Waals surface area (Å²) in [6.07, 6.45) is 2.22. The predicted octanol–water partition coefficient (Wildman–Crippen LogP) is 0.833. The van der Waals surface area contributed by atoms with E-state index in [9.17, 15) is 53.1 Å². The second kappa shape index (κ2) is 37.9. The molecule has 30 heteroatoms. The molecule has 1 aromatic heterocycles. The van der Waals surface area contributed by atoms with Crippen LogP contribution in [0.15, 0.2) is 102 Å². The molecule has 2 unspecified atom stereocenters. The van der Waals surface area contributed by atoms with Crippen LogP contribution < -0.4 is 70.4 Å². The number of halogens is 1. The minimum absolute atomic E-state index is 0.0126. The second-order valence-electron chi connectivity index (χ2n) is 26.2. The number of hydrogen-bond donors (Lipinski definition) is 15. The Morgan fingerprint density at radius 2 is 1.30 bits per heavy atom. The van der Waals surface area contributed by atoms with Crippen molar-refractivity contribution in [3.8, 4) is 0 Å². The minimum Gasteiger partial charge on any atom is -0.394 e. The first-order chi connectivity index (χ1) is 48.2. The van der Waals surface area contributed by atoms with E-state index in [1.807, 2.05) is 49.4 Å². The van der Waals surface area contributed by atoms with Crippen molar-refractivity contribution in [1.82, 2.24) is 63.1 Å². The third-order valence-electron chi connectivity index (χ3n) is 17.7. The second-order valence-corrected chi connectivity index (χ2v) is 26.7. The normalized spacial score (nSPS) is 19.9. The van der Waals surface area contributed by atoms with Crippen LogP contribution in [0.4, 0.5) is 0 Å². The molecule has 29 nitrogen and oxygen atoms in total. The van der Waals surface area contributed by atoms with Crippen LogP contribution in [0, 0.1) is 5.92 Å². The number of para-hydroxylation sites is 1. The molecule has 18 N–H and O–H groups in total. The molecule has 2 aliphatic rings. The Bertz CT molecular complexity index is 3810. The quantitative estimate of drug-likeness (QED) is 0.0179. The van der Waals surface area contributed by atoms with Gasteiger partial charge in [-0.2, -0.15) is 0 Å². The zero-order chi connectivity index (χ0) is 73.4. The molecule has 2 saturated heterocycles. The third kappa shape index (κ3) is 23.5. The fraction of sp³-hybridized carbons (Fsp3) is 0.479. The zero-order valence-electron chi connectivity index (χ0n) is 57.5. The van der Waals surface area contributed by atoms with Crippen molar-refractivity contribution in [1.29, 1.82) is 0 Å². The lowest BCUT2D eigenvalue weighted by molar-refractivity contribution is -0.143. The van der Waals surface area contributed by atoms with Crippen LogP contribution in [0.5, 0.6) is 0 Å². The first kappa shape index (κ1) is 78.2. The highest BCUT2D eigenvalue weighted by molar-refractivity contribution is 6.30. The van der Waals surface area contributed by atoms with Crippen LogP contribution >= 0.6 is 11.6 Å². The van der Waals surface area contributed by atoms with E-state index in [1.165, 1.54) is 18.7 Å². The van der Waals surface area contributed by atoms with Crippen molar-refractivity contribution in [3.05, 3.63) is 119 Å². The number of hydrogen-bond acceptors (Lipinski definition) is 14. The Morgan fingerprint density at radius 1 is 0.673 bits per heavy atom. The summed E-state index contributed by atoms with van der Waals surface area (Å²) in [4.78, 5) is 179. The number of rotatable bonds is 29. The fourth-order valence-electron chi connectivity index (χ4n) is 12.4. The predicted molar refractivity (Wildman–Crippen MR) is 379 cm³/mol. The number of aromatic nitrogens is 1. The molecular weight excluding hydrogens is 1320 g/mol. The molecule has 0 spiro atoms. The van der Waals surface area contributed by atoms with Gasteiger partial charge in [0.2, 0.25) is 70.9 Å². The lowest BCUT2D eigenvalue weighted by Gasteiger charge is -2.33. The fourth-order valence-corrected chi connectivity index (χ4v) is 12.5. The Labute approximate surface area is 590 Å². The van der Waals surface area contributed by atoms with Gasteiger partial charge in [-0.3, -0.25) is 62.5 Å². The number of carbonyl (C=O) groups excluding carboxylic acids is 12. The first-order valence-electron chi connectivity index (χ1n) is 34.2. The van der Waals surface area contributed by atoms with Crippen molar-refractivity contribution in [2.24, 2.45) is 28.1 Å². The summed E-state index contributed by atoms with van der Waals surface area (Å²) in [6, 6.07) is 12.1. The Kier molecular flexibility index (Phi) is 29.3. The standard InChI is InChI=1S/C71H95ClN16O13/c1-6-7-16-48-36-57(70(101)88-30-13-20-59(88)69(100)78-40(4)61(73)92)86-64(95)53(31-39(2)3)83-62(93)51(19-12-29-76-71(74)75)81-63(94)52(27-28-60(91)80-48)82-68(99)58(38-89)87-67(98)56(35-46-37-77-50-18-11-10-17-49(46)50)85-66(97)55(33-42-22-25-47(72)26-23-42)84-65(96)54(79-41(5)90)34-43-21-24-44-14-8-9-15-45(44)32-43/h8-11,14-15,17-18,21-26,32,37,39-40,48,51-59,77,89H,6-7,12-13,16,19-20,27-31,33-36,38H2,1-5H3,(H2,73,92)(H,78,100)(H,79,90)(H,80,91)(H,81,94)(H,82,99)(H,83,93)(H,84,96)(H,85,97)(H,86,95)(H,87,98)(H4,74,75,76)/t40-,48?,51-,52+,53+,54-,55-,56-,57?,58+,59+/m1/s1.